The molecule has 37 heavy (non-hydrogen) atoms. The minimum Gasteiger partial charge on any atom is -0.388 e. The predicted octanol–water partition coefficient (Wildman–Crippen LogP) is 1.49. The molecule has 3 aromatic rings. The molecular formula is C27H35N7O3. The van der Waals surface area contributed by atoms with E-state index in [1.54, 1.807) is 10.9 Å². The highest BCUT2D eigenvalue weighted by Crippen LogP contribution is 2.47. The van der Waals surface area contributed by atoms with Crippen LogP contribution in [0.15, 0.2) is 41.6 Å². The van der Waals surface area contributed by atoms with E-state index in [9.17, 15) is 14.7 Å². The van der Waals surface area contributed by atoms with Gasteiger partial charge in [-0.1, -0.05) is 6.92 Å². The summed E-state index contributed by atoms with van der Waals surface area (Å²) >= 11 is 0. The first-order valence-corrected chi connectivity index (χ1v) is 13.2. The number of piperazine rings is 1. The van der Waals surface area contributed by atoms with E-state index in [-0.39, 0.29) is 23.4 Å². The van der Waals surface area contributed by atoms with Crippen molar-refractivity contribution in [3.8, 4) is 5.69 Å². The Bertz CT molecular complexity index is 1360. The van der Waals surface area contributed by atoms with Gasteiger partial charge >= 0.3 is 0 Å². The Labute approximate surface area is 216 Å². The van der Waals surface area contributed by atoms with Crippen molar-refractivity contribution >= 4 is 22.6 Å². The molecule has 2 aromatic heterocycles. The summed E-state index contributed by atoms with van der Waals surface area (Å²) in [7, 11) is 2.14. The summed E-state index contributed by atoms with van der Waals surface area (Å²) in [6.45, 7) is 7.29. The van der Waals surface area contributed by atoms with Crippen LogP contribution in [0.5, 0.6) is 0 Å². The van der Waals surface area contributed by atoms with Crippen molar-refractivity contribution in [3.05, 3.63) is 47.1 Å². The first-order chi connectivity index (χ1) is 17.7. The Hall–Kier alpha value is -3.24. The number of aromatic nitrogens is 4. The van der Waals surface area contributed by atoms with Gasteiger partial charge in [0.1, 0.15) is 11.7 Å². The second kappa shape index (κ2) is 8.95. The van der Waals surface area contributed by atoms with E-state index in [1.165, 1.54) is 16.6 Å². The van der Waals surface area contributed by atoms with Crippen LogP contribution in [-0.4, -0.2) is 92.1 Å². The molecule has 6 rings (SSSR count). The van der Waals surface area contributed by atoms with Crippen molar-refractivity contribution in [3.63, 3.8) is 0 Å². The number of benzene rings is 1. The molecule has 2 aliphatic heterocycles. The third-order valence-electron chi connectivity index (χ3n) is 8.48. The third-order valence-corrected chi connectivity index (χ3v) is 8.48. The molecule has 2 saturated heterocycles. The lowest BCUT2D eigenvalue weighted by atomic mass is 9.90. The third kappa shape index (κ3) is 4.53. The van der Waals surface area contributed by atoms with Gasteiger partial charge < -0.3 is 19.8 Å². The van der Waals surface area contributed by atoms with Crippen LogP contribution in [0, 0.1) is 5.41 Å². The van der Waals surface area contributed by atoms with Gasteiger partial charge in [0, 0.05) is 50.4 Å². The SMILES string of the molecule is CN1CCN(c2ccc(-n3ncc4c(=O)n(CC5(O)CCN(C(=O)C6(C)CC6)CC5)cnc43)cc2)CC1. The number of amides is 1. The maximum absolute atomic E-state index is 13.3. The van der Waals surface area contributed by atoms with Crippen LogP contribution in [0.3, 0.4) is 0 Å². The zero-order chi connectivity index (χ0) is 25.8. The molecule has 3 aliphatic rings. The minimum atomic E-state index is -1.05. The summed E-state index contributed by atoms with van der Waals surface area (Å²) in [5.41, 5.74) is 1.05. The Kier molecular flexibility index (Phi) is 5.83. The number of likely N-dealkylation sites (tertiary alicyclic amines) is 1. The van der Waals surface area contributed by atoms with Crippen molar-refractivity contribution < 1.29 is 9.90 Å². The highest BCUT2D eigenvalue weighted by atomic mass is 16.3. The number of carbonyl (C=O) groups is 1. The van der Waals surface area contributed by atoms with Crippen LogP contribution in [-0.2, 0) is 11.3 Å². The number of rotatable bonds is 5. The van der Waals surface area contributed by atoms with Crippen LogP contribution in [0.2, 0.25) is 0 Å². The summed E-state index contributed by atoms with van der Waals surface area (Å²) in [6, 6.07) is 8.19. The summed E-state index contributed by atoms with van der Waals surface area (Å²) in [4.78, 5) is 37.0. The monoisotopic (exact) mass is 505 g/mol. The molecule has 0 radical (unpaired) electrons. The largest absolute Gasteiger partial charge is 0.388 e. The number of hydrogen-bond acceptors (Lipinski definition) is 7. The molecule has 0 atom stereocenters. The predicted molar refractivity (Wildman–Crippen MR) is 141 cm³/mol. The molecule has 4 heterocycles. The second-order valence-electron chi connectivity index (χ2n) is 11.4. The lowest BCUT2D eigenvalue weighted by molar-refractivity contribution is -0.141. The number of nitrogens with zero attached hydrogens (tertiary/aromatic N) is 7. The molecule has 1 aromatic carbocycles. The number of carbonyl (C=O) groups excluding carboxylic acids is 1. The lowest BCUT2D eigenvalue weighted by Crippen LogP contribution is -2.51. The van der Waals surface area contributed by atoms with E-state index in [0.29, 0.717) is 37.0 Å². The second-order valence-corrected chi connectivity index (χ2v) is 11.4. The zero-order valence-electron chi connectivity index (χ0n) is 21.6. The first-order valence-electron chi connectivity index (χ1n) is 13.2. The highest BCUT2D eigenvalue weighted by molar-refractivity contribution is 5.85. The van der Waals surface area contributed by atoms with Crippen molar-refractivity contribution in [2.45, 2.75) is 44.8 Å². The molecule has 0 bridgehead atoms. The maximum atomic E-state index is 13.3. The molecule has 1 saturated carbocycles. The molecule has 3 fully saturated rings. The molecule has 1 N–H and O–H groups in total. The number of anilines is 1. The van der Waals surface area contributed by atoms with Gasteiger partial charge in [-0.15, -0.1) is 0 Å². The zero-order valence-corrected chi connectivity index (χ0v) is 21.6. The first kappa shape index (κ1) is 24.1. The van der Waals surface area contributed by atoms with Gasteiger partial charge in [0.2, 0.25) is 5.91 Å². The van der Waals surface area contributed by atoms with Crippen molar-refractivity contribution in [1.29, 1.82) is 0 Å². The number of likely N-dealkylation sites (N-methyl/N-ethyl adjacent to an activating group) is 1. The quantitative estimate of drug-likeness (QED) is 0.561. The Morgan fingerprint density at radius 2 is 1.62 bits per heavy atom. The van der Waals surface area contributed by atoms with Crippen molar-refractivity contribution in [2.24, 2.45) is 5.41 Å². The van der Waals surface area contributed by atoms with E-state index in [4.69, 9.17) is 0 Å². The summed E-state index contributed by atoms with van der Waals surface area (Å²) in [5, 5.41) is 16.1. The molecule has 10 nitrogen and oxygen atoms in total. The standard InChI is InChI=1S/C27H35N7O3/c1-26(7-8-26)25(36)32-11-9-27(37,10-12-32)18-33-19-28-23-22(24(33)35)17-29-34(23)21-5-3-20(4-6-21)31-15-13-30(2)14-16-31/h3-6,17,19,37H,7-16,18H2,1-2H3. The van der Waals surface area contributed by atoms with Gasteiger partial charge in [0.05, 0.1) is 24.0 Å². The van der Waals surface area contributed by atoms with Gasteiger partial charge in [-0.05, 0) is 57.0 Å². The van der Waals surface area contributed by atoms with Gasteiger partial charge in [-0.25, -0.2) is 9.67 Å². The van der Waals surface area contributed by atoms with Gasteiger partial charge in [-0.3, -0.25) is 14.2 Å². The summed E-state index contributed by atoms with van der Waals surface area (Å²) < 4.78 is 3.16. The highest BCUT2D eigenvalue weighted by Gasteiger charge is 2.48. The molecule has 1 amide bonds. The summed E-state index contributed by atoms with van der Waals surface area (Å²) in [6.07, 6.45) is 5.83. The van der Waals surface area contributed by atoms with E-state index in [0.717, 1.165) is 44.7 Å². The Balaban J connectivity index is 1.17. The van der Waals surface area contributed by atoms with Crippen LogP contribution >= 0.6 is 0 Å². The van der Waals surface area contributed by atoms with Crippen LogP contribution in [0.25, 0.3) is 16.7 Å². The number of fused-ring (bicyclic) bond motifs is 1. The number of aliphatic hydroxyl groups is 1. The fourth-order valence-electron chi connectivity index (χ4n) is 5.50. The average molecular weight is 506 g/mol. The van der Waals surface area contributed by atoms with Crippen LogP contribution in [0.1, 0.15) is 32.6 Å². The van der Waals surface area contributed by atoms with Crippen LogP contribution in [0.4, 0.5) is 5.69 Å². The number of hydrogen-bond donors (Lipinski definition) is 1. The van der Waals surface area contributed by atoms with Crippen molar-refractivity contribution in [2.75, 3.05) is 51.2 Å². The van der Waals surface area contributed by atoms with Gasteiger partial charge in [0.15, 0.2) is 5.65 Å². The number of piperidine rings is 1. The van der Waals surface area contributed by atoms with E-state index in [2.05, 4.69) is 39.1 Å². The summed E-state index contributed by atoms with van der Waals surface area (Å²) in [5.74, 6) is 0.193. The van der Waals surface area contributed by atoms with E-state index in [1.807, 2.05) is 24.0 Å². The van der Waals surface area contributed by atoms with Crippen LogP contribution < -0.4 is 10.5 Å². The maximum Gasteiger partial charge on any atom is 0.264 e. The minimum absolute atomic E-state index is 0.152. The van der Waals surface area contributed by atoms with E-state index < -0.39 is 5.60 Å². The van der Waals surface area contributed by atoms with E-state index >= 15 is 0 Å². The molecule has 0 spiro atoms. The average Bonchev–Trinajstić information content (AvgIpc) is 3.51. The fraction of sp³-hybridized carbons (Fsp3) is 0.556. The normalized spacial score (nSPS) is 21.4. The molecule has 196 valence electrons. The Morgan fingerprint density at radius 3 is 2.27 bits per heavy atom. The Morgan fingerprint density at radius 1 is 0.973 bits per heavy atom. The molecule has 0 unspecified atom stereocenters. The van der Waals surface area contributed by atoms with Gasteiger partial charge in [0.25, 0.3) is 5.56 Å². The topological polar surface area (TPSA) is 99.7 Å². The molecular weight excluding hydrogens is 470 g/mol. The molecule has 1 aliphatic carbocycles. The fourth-order valence-corrected chi connectivity index (χ4v) is 5.50. The lowest BCUT2D eigenvalue weighted by Gasteiger charge is -2.39. The smallest absolute Gasteiger partial charge is 0.264 e. The molecule has 10 heteroatoms. The van der Waals surface area contributed by atoms with Crippen molar-refractivity contribution in [1.82, 2.24) is 29.1 Å². The van der Waals surface area contributed by atoms with Gasteiger partial charge in [-0.2, -0.15) is 5.10 Å².